The first kappa shape index (κ1) is 31.7. The predicted octanol–water partition coefficient (Wildman–Crippen LogP) is 3.75. The van der Waals surface area contributed by atoms with Crippen LogP contribution in [0.5, 0.6) is 5.75 Å². The lowest BCUT2D eigenvalue weighted by Gasteiger charge is -2.44. The monoisotopic (exact) mass is 630 g/mol. The molecule has 0 N–H and O–H groups in total. The second-order valence-corrected chi connectivity index (χ2v) is 11.6. The number of halogens is 1. The summed E-state index contributed by atoms with van der Waals surface area (Å²) in [5, 5.41) is 0.505. The van der Waals surface area contributed by atoms with Crippen molar-refractivity contribution in [1.29, 1.82) is 0 Å². The highest BCUT2D eigenvalue weighted by Crippen LogP contribution is 2.46. The van der Waals surface area contributed by atoms with E-state index in [1.807, 2.05) is 30.3 Å². The van der Waals surface area contributed by atoms with Crippen LogP contribution in [0.3, 0.4) is 0 Å². The molecule has 0 amide bonds. The summed E-state index contributed by atoms with van der Waals surface area (Å²) < 4.78 is 39.7. The number of ether oxygens (including phenoxy) is 7. The topological polar surface area (TPSA) is 133 Å². The number of hydrogen-bond acceptors (Lipinski definition) is 11. The maximum absolute atomic E-state index is 12.2. The zero-order chi connectivity index (χ0) is 31.5. The average molecular weight is 631 g/mol. The number of rotatable bonds is 10. The van der Waals surface area contributed by atoms with Gasteiger partial charge in [0.15, 0.2) is 18.3 Å². The van der Waals surface area contributed by atoms with Gasteiger partial charge in [0.2, 0.25) is 0 Å². The largest absolute Gasteiger partial charge is 0.490 e. The van der Waals surface area contributed by atoms with Crippen molar-refractivity contribution in [2.24, 2.45) is 11.8 Å². The van der Waals surface area contributed by atoms with E-state index >= 15 is 0 Å². The third kappa shape index (κ3) is 7.51. The van der Waals surface area contributed by atoms with Crippen molar-refractivity contribution in [2.45, 2.75) is 70.7 Å². The molecule has 236 valence electrons. The van der Waals surface area contributed by atoms with E-state index in [0.717, 1.165) is 30.1 Å². The Bertz CT molecular complexity index is 1380. The van der Waals surface area contributed by atoms with Gasteiger partial charge in [-0.15, -0.1) is 0 Å². The van der Waals surface area contributed by atoms with Crippen LogP contribution in [-0.2, 0) is 54.0 Å². The van der Waals surface area contributed by atoms with E-state index in [2.05, 4.69) is 0 Å². The van der Waals surface area contributed by atoms with Crippen LogP contribution < -0.4 is 4.74 Å². The van der Waals surface area contributed by atoms with E-state index in [1.165, 1.54) is 27.7 Å². The fraction of sp³-hybridized carbons (Fsp3) is 0.500. The first-order valence-electron chi connectivity index (χ1n) is 14.4. The molecule has 5 rings (SSSR count). The molecule has 1 aliphatic carbocycles. The molecule has 0 aromatic heterocycles. The standard InChI is InChI=1S/C32H35ClO11/c1-16(34)39-15-27-30(40-17(2)35)32(42-19(4)37)31(41-18(3)36)28(44-27)21-7-10-26(33)22(12-21)11-20-5-8-23(9-6-20)43-29-24-13-38-14-25(24)29/h5-10,12,24-25,27-32H,11,13-15H2,1-4H3. The molecule has 0 bridgehead atoms. The Kier molecular flexibility index (Phi) is 9.77. The van der Waals surface area contributed by atoms with E-state index in [1.54, 1.807) is 12.1 Å². The Morgan fingerprint density at radius 1 is 0.773 bits per heavy atom. The van der Waals surface area contributed by atoms with Gasteiger partial charge in [0.05, 0.1) is 13.2 Å². The summed E-state index contributed by atoms with van der Waals surface area (Å²) in [4.78, 5) is 48.1. The van der Waals surface area contributed by atoms with E-state index < -0.39 is 54.4 Å². The van der Waals surface area contributed by atoms with Crippen LogP contribution in [0.15, 0.2) is 42.5 Å². The molecule has 11 nitrogen and oxygen atoms in total. The van der Waals surface area contributed by atoms with Crippen molar-refractivity contribution < 1.29 is 52.3 Å². The zero-order valence-corrected chi connectivity index (χ0v) is 25.6. The predicted molar refractivity (Wildman–Crippen MR) is 154 cm³/mol. The third-order valence-corrected chi connectivity index (χ3v) is 8.22. The quantitative estimate of drug-likeness (QED) is 0.281. The second kappa shape index (κ2) is 13.5. The first-order valence-corrected chi connectivity index (χ1v) is 14.8. The van der Waals surface area contributed by atoms with Gasteiger partial charge < -0.3 is 33.2 Å². The first-order chi connectivity index (χ1) is 21.0. The van der Waals surface area contributed by atoms with Crippen LogP contribution in [-0.4, -0.2) is 74.2 Å². The van der Waals surface area contributed by atoms with E-state index in [0.29, 0.717) is 28.8 Å². The van der Waals surface area contributed by atoms with E-state index in [9.17, 15) is 19.2 Å². The van der Waals surface area contributed by atoms with Crippen LogP contribution in [0, 0.1) is 11.8 Å². The molecule has 2 heterocycles. The fourth-order valence-electron chi connectivity index (χ4n) is 5.83. The number of esters is 4. The molecule has 12 heteroatoms. The summed E-state index contributed by atoms with van der Waals surface area (Å²) >= 11 is 6.61. The molecule has 7 atom stereocenters. The molecule has 2 saturated heterocycles. The van der Waals surface area contributed by atoms with Gasteiger partial charge in [0, 0.05) is 44.6 Å². The van der Waals surface area contributed by atoms with Gasteiger partial charge in [-0.05, 0) is 41.3 Å². The van der Waals surface area contributed by atoms with E-state index in [4.69, 9.17) is 44.8 Å². The minimum atomic E-state index is -1.26. The number of hydrogen-bond donors (Lipinski definition) is 0. The molecule has 2 aliphatic heterocycles. The molecular weight excluding hydrogens is 596 g/mol. The molecule has 2 aromatic rings. The number of carbonyl (C=O) groups excluding carboxylic acids is 4. The van der Waals surface area contributed by atoms with Crippen molar-refractivity contribution in [2.75, 3.05) is 19.8 Å². The molecule has 3 fully saturated rings. The average Bonchev–Trinajstić information content (AvgIpc) is 3.35. The summed E-state index contributed by atoms with van der Waals surface area (Å²) in [6.07, 6.45) is -5.05. The van der Waals surface area contributed by atoms with Crippen LogP contribution in [0.4, 0.5) is 0 Å². The Morgan fingerprint density at radius 3 is 2.00 bits per heavy atom. The number of fused-ring (bicyclic) bond motifs is 1. The zero-order valence-electron chi connectivity index (χ0n) is 24.9. The van der Waals surface area contributed by atoms with Gasteiger partial charge in [-0.3, -0.25) is 19.2 Å². The van der Waals surface area contributed by atoms with Crippen LogP contribution in [0.1, 0.15) is 50.5 Å². The Balaban J connectivity index is 1.41. The van der Waals surface area contributed by atoms with E-state index in [-0.39, 0.29) is 12.7 Å². The maximum atomic E-state index is 12.2. The molecular formula is C32H35ClO11. The van der Waals surface area contributed by atoms with Crippen LogP contribution in [0.25, 0.3) is 0 Å². The Hall–Kier alpha value is -3.67. The summed E-state index contributed by atoms with van der Waals surface area (Å²) in [5.41, 5.74) is 2.31. The van der Waals surface area contributed by atoms with Gasteiger partial charge in [0.1, 0.15) is 30.7 Å². The molecule has 44 heavy (non-hydrogen) atoms. The van der Waals surface area contributed by atoms with Gasteiger partial charge >= 0.3 is 23.9 Å². The summed E-state index contributed by atoms with van der Waals surface area (Å²) in [6.45, 7) is 5.99. The van der Waals surface area contributed by atoms with Crippen molar-refractivity contribution in [3.05, 3.63) is 64.2 Å². The molecule has 3 aliphatic rings. The van der Waals surface area contributed by atoms with Crippen molar-refractivity contribution in [1.82, 2.24) is 0 Å². The summed E-state index contributed by atoms with van der Waals surface area (Å²) in [7, 11) is 0. The number of benzene rings is 2. The van der Waals surface area contributed by atoms with Gasteiger partial charge in [-0.1, -0.05) is 35.9 Å². The lowest BCUT2D eigenvalue weighted by atomic mass is 9.89. The van der Waals surface area contributed by atoms with Crippen molar-refractivity contribution >= 4 is 35.5 Å². The normalized spacial score (nSPS) is 28.8. The van der Waals surface area contributed by atoms with Crippen LogP contribution in [0.2, 0.25) is 5.02 Å². The molecule has 0 radical (unpaired) electrons. The fourth-order valence-corrected chi connectivity index (χ4v) is 6.01. The van der Waals surface area contributed by atoms with Crippen LogP contribution >= 0.6 is 11.6 Å². The maximum Gasteiger partial charge on any atom is 0.303 e. The van der Waals surface area contributed by atoms with Gasteiger partial charge in [-0.25, -0.2) is 0 Å². The smallest absolute Gasteiger partial charge is 0.303 e. The third-order valence-electron chi connectivity index (χ3n) is 7.85. The molecule has 0 spiro atoms. The van der Waals surface area contributed by atoms with Crippen molar-refractivity contribution in [3.63, 3.8) is 0 Å². The second-order valence-electron chi connectivity index (χ2n) is 11.2. The lowest BCUT2D eigenvalue weighted by molar-refractivity contribution is -0.254. The van der Waals surface area contributed by atoms with Gasteiger partial charge in [-0.2, -0.15) is 0 Å². The SMILES string of the molecule is CC(=O)OCC1OC(c2ccc(Cl)c(Cc3ccc(OC4C5COCC54)cc3)c2)C(OC(C)=O)C(OC(C)=O)C1OC(C)=O. The highest BCUT2D eigenvalue weighted by molar-refractivity contribution is 6.31. The number of carbonyl (C=O) groups is 4. The highest BCUT2D eigenvalue weighted by atomic mass is 35.5. The summed E-state index contributed by atoms with van der Waals surface area (Å²) in [6, 6.07) is 13.0. The lowest BCUT2D eigenvalue weighted by Crippen LogP contribution is -2.59. The molecule has 1 saturated carbocycles. The van der Waals surface area contributed by atoms with Gasteiger partial charge in [0.25, 0.3) is 0 Å². The summed E-state index contributed by atoms with van der Waals surface area (Å²) in [5.74, 6) is -0.886. The van der Waals surface area contributed by atoms with Crippen molar-refractivity contribution in [3.8, 4) is 5.75 Å². The minimum Gasteiger partial charge on any atom is -0.490 e. The highest BCUT2D eigenvalue weighted by Gasteiger charge is 2.56. The minimum absolute atomic E-state index is 0.210. The molecule has 2 aromatic carbocycles. The molecule has 7 unspecified atom stereocenters. The Morgan fingerprint density at radius 2 is 1.39 bits per heavy atom. The Labute approximate surface area is 260 Å².